The molecule has 2 rings (SSSR count). The third kappa shape index (κ3) is 7.30. The zero-order chi connectivity index (χ0) is 20.4. The van der Waals surface area contributed by atoms with Crippen LogP contribution in [0, 0.1) is 25.7 Å². The summed E-state index contributed by atoms with van der Waals surface area (Å²) in [6, 6.07) is 17.7. The monoisotopic (exact) mass is 376 g/mol. The molecule has 0 saturated carbocycles. The van der Waals surface area contributed by atoms with Crippen molar-refractivity contribution in [2.75, 3.05) is 0 Å². The Balaban J connectivity index is 1.71. The molecule has 0 fully saturated rings. The fourth-order valence-electron chi connectivity index (χ4n) is 4.22. The van der Waals surface area contributed by atoms with E-state index in [9.17, 15) is 0 Å². The van der Waals surface area contributed by atoms with Crippen LogP contribution in [0.15, 0.2) is 55.1 Å². The average molecular weight is 377 g/mol. The lowest BCUT2D eigenvalue weighted by Gasteiger charge is -2.19. The summed E-state index contributed by atoms with van der Waals surface area (Å²) in [6.45, 7) is 13.5. The second-order valence-corrected chi connectivity index (χ2v) is 8.74. The molecule has 0 saturated heterocycles. The van der Waals surface area contributed by atoms with E-state index in [0.29, 0.717) is 5.92 Å². The van der Waals surface area contributed by atoms with E-state index in [4.69, 9.17) is 0 Å². The maximum atomic E-state index is 4.43. The predicted octanol–water partition coefficient (Wildman–Crippen LogP) is 8.56. The molecule has 0 aliphatic rings. The number of allylic oxidation sites excluding steroid dienone is 1. The van der Waals surface area contributed by atoms with Crippen molar-refractivity contribution in [3.05, 3.63) is 77.4 Å². The van der Waals surface area contributed by atoms with Gasteiger partial charge in [0.2, 0.25) is 0 Å². The van der Waals surface area contributed by atoms with Crippen molar-refractivity contribution in [3.63, 3.8) is 0 Å². The molecule has 0 bridgehead atoms. The molecule has 0 aliphatic heterocycles. The predicted molar refractivity (Wildman–Crippen MR) is 126 cm³/mol. The van der Waals surface area contributed by atoms with Crippen LogP contribution in [0.3, 0.4) is 0 Å². The Bertz CT molecular complexity index is 710. The third-order valence-corrected chi connectivity index (χ3v) is 6.18. The van der Waals surface area contributed by atoms with Crippen LogP contribution in [0.2, 0.25) is 0 Å². The third-order valence-electron chi connectivity index (χ3n) is 6.18. The summed E-state index contributed by atoms with van der Waals surface area (Å²) in [5.41, 5.74) is 6.98. The summed E-state index contributed by atoms with van der Waals surface area (Å²) >= 11 is 0. The van der Waals surface area contributed by atoms with Crippen LogP contribution in [0.4, 0.5) is 0 Å². The highest BCUT2D eigenvalue weighted by Crippen LogP contribution is 2.30. The summed E-state index contributed by atoms with van der Waals surface area (Å²) in [7, 11) is 0. The molecule has 0 nitrogen and oxygen atoms in total. The molecule has 0 radical (unpaired) electrons. The lowest BCUT2D eigenvalue weighted by Crippen LogP contribution is -2.04. The van der Waals surface area contributed by atoms with Crippen LogP contribution in [0.5, 0.6) is 0 Å². The highest BCUT2D eigenvalue weighted by atomic mass is 14.2. The number of benzene rings is 2. The van der Waals surface area contributed by atoms with Gasteiger partial charge in [-0.1, -0.05) is 101 Å². The Morgan fingerprint density at radius 2 is 1.57 bits per heavy atom. The molecular weight excluding hydrogens is 336 g/mol. The average Bonchev–Trinajstić information content (AvgIpc) is 2.70. The molecule has 0 N–H and O–H groups in total. The number of hydrogen-bond acceptors (Lipinski definition) is 0. The van der Waals surface area contributed by atoms with E-state index in [0.717, 1.165) is 5.92 Å². The Morgan fingerprint density at radius 3 is 2.25 bits per heavy atom. The van der Waals surface area contributed by atoms with Gasteiger partial charge in [-0.25, -0.2) is 0 Å². The van der Waals surface area contributed by atoms with Crippen LogP contribution in [0.1, 0.15) is 81.0 Å². The fourth-order valence-corrected chi connectivity index (χ4v) is 4.22. The first-order valence-corrected chi connectivity index (χ1v) is 11.3. The second-order valence-electron chi connectivity index (χ2n) is 8.74. The van der Waals surface area contributed by atoms with Gasteiger partial charge in [0.05, 0.1) is 0 Å². The van der Waals surface area contributed by atoms with Gasteiger partial charge in [-0.3, -0.25) is 0 Å². The van der Waals surface area contributed by atoms with Crippen molar-refractivity contribution in [3.8, 4) is 0 Å². The van der Waals surface area contributed by atoms with Crippen molar-refractivity contribution >= 4 is 5.57 Å². The first-order valence-electron chi connectivity index (χ1n) is 11.3. The van der Waals surface area contributed by atoms with E-state index in [1.54, 1.807) is 0 Å². The van der Waals surface area contributed by atoms with Gasteiger partial charge < -0.3 is 0 Å². The van der Waals surface area contributed by atoms with Crippen molar-refractivity contribution in [2.24, 2.45) is 11.8 Å². The smallest absolute Gasteiger partial charge is 0.0162 e. The number of rotatable bonds is 12. The standard InChI is InChI=1S/C28H40/c1-6-13-27(25(5)28-16-11-8-12-17-28)15-10-7-9-14-22(2)20-26-19-18-23(3)24(4)21-26/h8,11-12,16-19,21-22,27H,5-7,9-10,13-15,20H2,1-4H3. The van der Waals surface area contributed by atoms with Crippen LogP contribution in [-0.4, -0.2) is 0 Å². The van der Waals surface area contributed by atoms with Crippen molar-refractivity contribution in [2.45, 2.75) is 79.1 Å². The Labute approximate surface area is 174 Å². The Morgan fingerprint density at radius 1 is 0.857 bits per heavy atom. The number of hydrogen-bond donors (Lipinski definition) is 0. The lowest BCUT2D eigenvalue weighted by molar-refractivity contribution is 0.461. The summed E-state index contributed by atoms with van der Waals surface area (Å²) in [6.07, 6.45) is 10.4. The minimum absolute atomic E-state index is 0.639. The molecule has 152 valence electrons. The molecule has 2 aromatic rings. The molecule has 0 heteroatoms. The highest BCUT2D eigenvalue weighted by molar-refractivity contribution is 5.65. The summed E-state index contributed by atoms with van der Waals surface area (Å²) in [5, 5.41) is 0. The molecule has 0 heterocycles. The van der Waals surface area contributed by atoms with Gasteiger partial charge in [-0.2, -0.15) is 0 Å². The van der Waals surface area contributed by atoms with E-state index in [1.165, 1.54) is 79.2 Å². The maximum Gasteiger partial charge on any atom is -0.0162 e. The van der Waals surface area contributed by atoms with Gasteiger partial charge in [0.25, 0.3) is 0 Å². The van der Waals surface area contributed by atoms with Crippen molar-refractivity contribution in [1.29, 1.82) is 0 Å². The molecule has 0 spiro atoms. The van der Waals surface area contributed by atoms with Gasteiger partial charge in [0.1, 0.15) is 0 Å². The first kappa shape index (κ1) is 22.5. The first-order chi connectivity index (χ1) is 13.5. The van der Waals surface area contributed by atoms with E-state index >= 15 is 0 Å². The molecule has 0 amide bonds. The minimum atomic E-state index is 0.639. The minimum Gasteiger partial charge on any atom is -0.0950 e. The van der Waals surface area contributed by atoms with Gasteiger partial charge in [0, 0.05) is 0 Å². The zero-order valence-electron chi connectivity index (χ0n) is 18.6. The molecule has 0 aliphatic carbocycles. The summed E-state index contributed by atoms with van der Waals surface area (Å²) in [5.74, 6) is 1.41. The molecular formula is C28H40. The quantitative estimate of drug-likeness (QED) is 0.325. The van der Waals surface area contributed by atoms with Gasteiger partial charge in [0.15, 0.2) is 0 Å². The van der Waals surface area contributed by atoms with Crippen LogP contribution in [-0.2, 0) is 6.42 Å². The number of aryl methyl sites for hydroxylation is 2. The van der Waals surface area contributed by atoms with Crippen LogP contribution >= 0.6 is 0 Å². The zero-order valence-corrected chi connectivity index (χ0v) is 18.6. The molecule has 2 atom stereocenters. The van der Waals surface area contributed by atoms with Gasteiger partial charge in [-0.15, -0.1) is 0 Å². The molecule has 2 unspecified atom stereocenters. The Hall–Kier alpha value is -1.82. The van der Waals surface area contributed by atoms with E-state index < -0.39 is 0 Å². The summed E-state index contributed by atoms with van der Waals surface area (Å²) in [4.78, 5) is 0. The Kier molecular flexibility index (Phi) is 9.55. The van der Waals surface area contributed by atoms with Crippen molar-refractivity contribution < 1.29 is 0 Å². The van der Waals surface area contributed by atoms with E-state index in [1.807, 2.05) is 0 Å². The molecule has 2 aromatic carbocycles. The van der Waals surface area contributed by atoms with E-state index in [-0.39, 0.29) is 0 Å². The molecule has 0 aromatic heterocycles. The highest BCUT2D eigenvalue weighted by Gasteiger charge is 2.13. The van der Waals surface area contributed by atoms with Crippen LogP contribution < -0.4 is 0 Å². The SMILES string of the molecule is C=C(c1ccccc1)C(CCC)CCCCCC(C)Cc1ccc(C)c(C)c1. The topological polar surface area (TPSA) is 0 Å². The van der Waals surface area contributed by atoms with Crippen LogP contribution in [0.25, 0.3) is 5.57 Å². The number of unbranched alkanes of at least 4 members (excludes halogenated alkanes) is 2. The summed E-state index contributed by atoms with van der Waals surface area (Å²) < 4.78 is 0. The molecule has 28 heavy (non-hydrogen) atoms. The maximum absolute atomic E-state index is 4.43. The van der Waals surface area contributed by atoms with Gasteiger partial charge in [-0.05, 0) is 72.8 Å². The lowest BCUT2D eigenvalue weighted by atomic mass is 9.86. The van der Waals surface area contributed by atoms with Gasteiger partial charge >= 0.3 is 0 Å². The largest absolute Gasteiger partial charge is 0.0950 e. The normalized spacial score (nSPS) is 13.3. The fraction of sp³-hybridized carbons (Fsp3) is 0.500. The second kappa shape index (κ2) is 11.9. The van der Waals surface area contributed by atoms with E-state index in [2.05, 4.69) is 82.8 Å². The van der Waals surface area contributed by atoms with Crippen molar-refractivity contribution in [1.82, 2.24) is 0 Å².